The van der Waals surface area contributed by atoms with Crippen LogP contribution in [0.15, 0.2) is 30.9 Å². The third kappa shape index (κ3) is 2.26. The second-order valence-electron chi connectivity index (χ2n) is 2.46. The lowest BCUT2D eigenvalue weighted by Gasteiger charge is -2.05. The molecule has 0 aliphatic heterocycles. The summed E-state index contributed by atoms with van der Waals surface area (Å²) >= 11 is 0. The Morgan fingerprint density at radius 3 is 2.86 bits per heavy atom. The van der Waals surface area contributed by atoms with Crippen molar-refractivity contribution in [3.8, 4) is 17.2 Å². The number of aromatic hydroxyl groups is 1. The Morgan fingerprint density at radius 2 is 2.29 bits per heavy atom. The molecular formula is C10H10O4. The highest BCUT2D eigenvalue weighted by Crippen LogP contribution is 2.30. The van der Waals surface area contributed by atoms with Crippen molar-refractivity contribution in [1.82, 2.24) is 0 Å². The van der Waals surface area contributed by atoms with Crippen LogP contribution in [0.5, 0.6) is 17.2 Å². The first-order chi connectivity index (χ1) is 6.67. The number of carbonyl (C=O) groups excluding carboxylic acids is 1. The lowest BCUT2D eigenvalue weighted by Crippen LogP contribution is -2.03. The van der Waals surface area contributed by atoms with Gasteiger partial charge in [0, 0.05) is 12.1 Å². The van der Waals surface area contributed by atoms with E-state index >= 15 is 0 Å². The monoisotopic (exact) mass is 194 g/mol. The van der Waals surface area contributed by atoms with Gasteiger partial charge in [0.1, 0.15) is 5.75 Å². The summed E-state index contributed by atoms with van der Waals surface area (Å²) in [5, 5.41) is 9.31. The third-order valence-electron chi connectivity index (χ3n) is 1.54. The molecular weight excluding hydrogens is 184 g/mol. The van der Waals surface area contributed by atoms with Gasteiger partial charge in [-0.2, -0.15) is 0 Å². The van der Waals surface area contributed by atoms with Crippen LogP contribution in [0.2, 0.25) is 0 Å². The van der Waals surface area contributed by atoms with Crippen LogP contribution < -0.4 is 9.47 Å². The van der Waals surface area contributed by atoms with E-state index in [0.29, 0.717) is 5.75 Å². The van der Waals surface area contributed by atoms with Crippen molar-refractivity contribution < 1.29 is 19.4 Å². The highest BCUT2D eigenvalue weighted by Gasteiger charge is 2.07. The Morgan fingerprint density at radius 1 is 1.57 bits per heavy atom. The minimum atomic E-state index is -0.631. The first-order valence-electron chi connectivity index (χ1n) is 3.88. The lowest BCUT2D eigenvalue weighted by atomic mass is 10.3. The Kier molecular flexibility index (Phi) is 3.12. The highest BCUT2D eigenvalue weighted by atomic mass is 16.5. The molecule has 74 valence electrons. The lowest BCUT2D eigenvalue weighted by molar-refractivity contribution is -0.129. The normalized spacial score (nSPS) is 9.21. The smallest absolute Gasteiger partial charge is 0.335 e. The van der Waals surface area contributed by atoms with Crippen LogP contribution in [-0.4, -0.2) is 18.2 Å². The Hall–Kier alpha value is -1.97. The molecule has 0 aromatic heterocycles. The third-order valence-corrected chi connectivity index (χ3v) is 1.54. The molecule has 1 rings (SSSR count). The first-order valence-corrected chi connectivity index (χ1v) is 3.88. The van der Waals surface area contributed by atoms with Gasteiger partial charge >= 0.3 is 5.97 Å². The van der Waals surface area contributed by atoms with Gasteiger partial charge < -0.3 is 14.6 Å². The highest BCUT2D eigenvalue weighted by molar-refractivity contribution is 5.83. The molecule has 0 aliphatic carbocycles. The average Bonchev–Trinajstić information content (AvgIpc) is 2.21. The second-order valence-corrected chi connectivity index (χ2v) is 2.46. The van der Waals surface area contributed by atoms with Crippen molar-refractivity contribution in [2.75, 3.05) is 7.11 Å². The number of benzene rings is 1. The van der Waals surface area contributed by atoms with E-state index in [4.69, 9.17) is 9.47 Å². The number of hydrogen-bond donors (Lipinski definition) is 1. The van der Waals surface area contributed by atoms with Crippen LogP contribution in [0.3, 0.4) is 0 Å². The van der Waals surface area contributed by atoms with E-state index in [1.807, 2.05) is 0 Å². The summed E-state index contributed by atoms with van der Waals surface area (Å²) < 4.78 is 9.65. The van der Waals surface area contributed by atoms with E-state index in [2.05, 4.69) is 6.58 Å². The number of esters is 1. The van der Waals surface area contributed by atoms with Crippen molar-refractivity contribution in [2.45, 2.75) is 0 Å². The number of rotatable bonds is 3. The molecule has 14 heavy (non-hydrogen) atoms. The van der Waals surface area contributed by atoms with Crippen LogP contribution in [0, 0.1) is 0 Å². The van der Waals surface area contributed by atoms with Crippen LogP contribution in [0.4, 0.5) is 0 Å². The predicted octanol–water partition coefficient (Wildman–Crippen LogP) is 1.49. The molecule has 4 nitrogen and oxygen atoms in total. The predicted molar refractivity (Wildman–Crippen MR) is 50.5 cm³/mol. The molecule has 0 saturated heterocycles. The van der Waals surface area contributed by atoms with Crippen molar-refractivity contribution in [3.63, 3.8) is 0 Å². The van der Waals surface area contributed by atoms with E-state index < -0.39 is 5.97 Å². The number of phenolic OH excluding ortho intramolecular Hbond substituents is 1. The molecule has 4 heteroatoms. The van der Waals surface area contributed by atoms with Gasteiger partial charge in [0.2, 0.25) is 0 Å². The zero-order valence-corrected chi connectivity index (χ0v) is 7.69. The fourth-order valence-electron chi connectivity index (χ4n) is 0.853. The summed E-state index contributed by atoms with van der Waals surface area (Å²) in [6.45, 7) is 3.24. The van der Waals surface area contributed by atoms with E-state index in [1.54, 1.807) is 6.07 Å². The van der Waals surface area contributed by atoms with Gasteiger partial charge in [0.25, 0.3) is 0 Å². The fourth-order valence-corrected chi connectivity index (χ4v) is 0.853. The van der Waals surface area contributed by atoms with Crippen LogP contribution in [-0.2, 0) is 4.79 Å². The Balaban J connectivity index is 2.94. The molecule has 0 saturated carbocycles. The van der Waals surface area contributed by atoms with Gasteiger partial charge in [-0.05, 0) is 12.1 Å². The maximum absolute atomic E-state index is 10.8. The van der Waals surface area contributed by atoms with Crippen LogP contribution in [0.25, 0.3) is 0 Å². The largest absolute Gasteiger partial charge is 0.504 e. The fraction of sp³-hybridized carbons (Fsp3) is 0.100. The zero-order valence-electron chi connectivity index (χ0n) is 7.69. The molecule has 0 unspecified atom stereocenters. The van der Waals surface area contributed by atoms with Crippen LogP contribution in [0.1, 0.15) is 0 Å². The second kappa shape index (κ2) is 4.32. The molecule has 0 amide bonds. The average molecular weight is 194 g/mol. The number of ether oxygens (including phenoxy) is 2. The summed E-state index contributed by atoms with van der Waals surface area (Å²) in [6.07, 6.45) is 1.01. The van der Waals surface area contributed by atoms with Gasteiger partial charge in [-0.3, -0.25) is 0 Å². The maximum atomic E-state index is 10.8. The van der Waals surface area contributed by atoms with Crippen molar-refractivity contribution in [2.24, 2.45) is 0 Å². The molecule has 1 aromatic rings. The Labute approximate surface area is 81.4 Å². The molecule has 0 bridgehead atoms. The summed E-state index contributed by atoms with van der Waals surface area (Å²) in [5.74, 6) is -0.210. The molecule has 1 N–H and O–H groups in total. The number of hydrogen-bond acceptors (Lipinski definition) is 4. The van der Waals surface area contributed by atoms with Gasteiger partial charge in [-0.1, -0.05) is 6.58 Å². The summed E-state index contributed by atoms with van der Waals surface area (Å²) in [7, 11) is 1.48. The molecule has 0 fully saturated rings. The molecule has 0 aliphatic rings. The summed E-state index contributed by atoms with van der Waals surface area (Å²) in [4.78, 5) is 10.8. The van der Waals surface area contributed by atoms with Crippen molar-refractivity contribution >= 4 is 5.97 Å². The molecule has 0 atom stereocenters. The first kappa shape index (κ1) is 10.1. The Bertz CT molecular complexity index is 357. The van der Waals surface area contributed by atoms with Gasteiger partial charge in [0.05, 0.1) is 7.11 Å². The van der Waals surface area contributed by atoms with Crippen molar-refractivity contribution in [1.29, 1.82) is 0 Å². The van der Waals surface area contributed by atoms with Crippen LogP contribution >= 0.6 is 0 Å². The molecule has 1 aromatic carbocycles. The van der Waals surface area contributed by atoms with E-state index in [9.17, 15) is 9.90 Å². The molecule has 0 heterocycles. The van der Waals surface area contributed by atoms with E-state index in [1.165, 1.54) is 19.2 Å². The summed E-state index contributed by atoms with van der Waals surface area (Å²) in [6, 6.07) is 4.35. The minimum Gasteiger partial charge on any atom is -0.504 e. The number of phenols is 1. The minimum absolute atomic E-state index is 0.0502. The summed E-state index contributed by atoms with van der Waals surface area (Å²) in [5.41, 5.74) is 0. The van der Waals surface area contributed by atoms with Gasteiger partial charge in [0.15, 0.2) is 11.5 Å². The zero-order chi connectivity index (χ0) is 10.6. The van der Waals surface area contributed by atoms with Crippen molar-refractivity contribution in [3.05, 3.63) is 30.9 Å². The molecule has 0 radical (unpaired) electrons. The quantitative estimate of drug-likeness (QED) is 0.450. The number of methoxy groups -OCH3 is 1. The van der Waals surface area contributed by atoms with E-state index in [-0.39, 0.29) is 11.5 Å². The van der Waals surface area contributed by atoms with E-state index in [0.717, 1.165) is 6.08 Å². The van der Waals surface area contributed by atoms with Gasteiger partial charge in [-0.25, -0.2) is 4.79 Å². The topological polar surface area (TPSA) is 55.8 Å². The SMILES string of the molecule is C=CC(=O)Oc1cc(OC)ccc1O. The maximum Gasteiger partial charge on any atom is 0.335 e. The number of carbonyl (C=O) groups is 1. The standard InChI is InChI=1S/C10H10O4/c1-3-10(12)14-9-6-7(13-2)4-5-8(9)11/h3-6,11H,1H2,2H3. The van der Waals surface area contributed by atoms with Gasteiger partial charge in [-0.15, -0.1) is 0 Å². The molecule has 0 spiro atoms.